The largest absolute Gasteiger partial charge is 1.02 e. The van der Waals surface area contributed by atoms with Gasteiger partial charge in [0.2, 0.25) is 0 Å². The van der Waals surface area contributed by atoms with Crippen molar-refractivity contribution < 1.29 is 19.5 Å². The van der Waals surface area contributed by atoms with E-state index in [-0.39, 0.29) is 19.5 Å². The first-order valence-electron chi connectivity index (χ1n) is 9.36. The number of unbranched alkanes of at least 4 members (excludes halogenated alkanes) is 4. The molecular weight excluding hydrogens is 438 g/mol. The second-order valence-corrected chi connectivity index (χ2v) is 7.98. The molecule has 0 atom stereocenters. The summed E-state index contributed by atoms with van der Waals surface area (Å²) in [6.45, 7) is 12.9. The van der Waals surface area contributed by atoms with Crippen LogP contribution < -0.4 is 0 Å². The molecule has 0 aromatic rings. The van der Waals surface area contributed by atoms with E-state index in [1.807, 2.05) is 0 Å². The second kappa shape index (κ2) is 24.0. The maximum atomic E-state index is 4.98. The minimum Gasteiger partial charge on any atom is -1.02 e. The first kappa shape index (κ1) is 31.6. The first-order chi connectivity index (χ1) is 11.4. The molecule has 0 heterocycles. The topological polar surface area (TPSA) is 6.48 Å². The summed E-state index contributed by atoms with van der Waals surface area (Å²) in [5.41, 5.74) is 0. The van der Waals surface area contributed by atoms with E-state index in [1.165, 1.54) is 51.4 Å². The van der Waals surface area contributed by atoms with Crippen LogP contribution in [0.2, 0.25) is 0 Å². The smallest absolute Gasteiger partial charge is 0 e. The maximum Gasteiger partial charge on any atom is 0 e. The molecule has 0 N–H and O–H groups in total. The zero-order valence-corrected chi connectivity index (χ0v) is 23.0. The molecule has 7 heteroatoms. The number of rotatable bonds is 14. The molecule has 0 unspecified atom stereocenters. The second-order valence-electron chi connectivity index (χ2n) is 5.92. The summed E-state index contributed by atoms with van der Waals surface area (Å²) < 4.78 is 1.27. The van der Waals surface area contributed by atoms with Crippen LogP contribution in [-0.4, -0.2) is 36.0 Å². The molecule has 0 fully saturated rings. The predicted octanol–water partition coefficient (Wildman–Crippen LogP) is 4.86. The van der Waals surface area contributed by atoms with Crippen molar-refractivity contribution >= 4 is 50.5 Å². The molecule has 0 bridgehead atoms. The van der Waals surface area contributed by atoms with Gasteiger partial charge < -0.3 is 69.7 Å². The van der Waals surface area contributed by atoms with Crippen molar-refractivity contribution in [3.8, 4) is 0 Å². The van der Waals surface area contributed by atoms with Crippen molar-refractivity contribution in [2.24, 2.45) is 0 Å². The van der Waals surface area contributed by atoms with Crippen LogP contribution in [0.3, 0.4) is 0 Å². The van der Waals surface area contributed by atoms with Crippen LogP contribution in [-0.2, 0) is 70.0 Å². The third-order valence-corrected chi connectivity index (χ3v) is 4.68. The molecule has 0 aromatic carbocycles. The molecule has 0 radical (unpaired) electrons. The Kier molecular flexibility index (Phi) is 30.3. The fourth-order valence-corrected chi connectivity index (χ4v) is 2.71. The van der Waals surface area contributed by atoms with E-state index >= 15 is 0 Å². The van der Waals surface area contributed by atoms with Gasteiger partial charge in [-0.25, -0.2) is 0 Å². The minimum absolute atomic E-state index is 0. The fraction of sp³-hybridized carbons (Fsp3) is 0.889. The minimum atomic E-state index is 0. The molecule has 25 heavy (non-hydrogen) atoms. The van der Waals surface area contributed by atoms with Gasteiger partial charge in [-0.1, -0.05) is 53.4 Å². The molecule has 0 aliphatic rings. The van der Waals surface area contributed by atoms with Gasteiger partial charge >= 0.3 is 0 Å². The van der Waals surface area contributed by atoms with Gasteiger partial charge in [-0.2, -0.15) is 0 Å². The predicted molar refractivity (Wildman–Crippen MR) is 119 cm³/mol. The van der Waals surface area contributed by atoms with E-state index in [4.69, 9.17) is 50.5 Å². The number of hydrogen-bond acceptors (Lipinski definition) is 6. The van der Waals surface area contributed by atoms with E-state index in [1.54, 1.807) is 0 Å². The summed E-state index contributed by atoms with van der Waals surface area (Å²) >= 11 is 19.9. The van der Waals surface area contributed by atoms with Crippen molar-refractivity contribution in [2.75, 3.05) is 26.2 Å². The normalized spacial score (nSPS) is 11.0. The van der Waals surface area contributed by atoms with Crippen molar-refractivity contribution in [1.82, 2.24) is 9.80 Å². The van der Waals surface area contributed by atoms with Gasteiger partial charge in [-0.05, 0) is 51.9 Å². The van der Waals surface area contributed by atoms with Crippen molar-refractivity contribution in [1.29, 1.82) is 0 Å². The molecule has 150 valence electrons. The van der Waals surface area contributed by atoms with Crippen LogP contribution in [0.4, 0.5) is 0 Å². The quantitative estimate of drug-likeness (QED) is 0.200. The van der Waals surface area contributed by atoms with Crippen LogP contribution in [0.15, 0.2) is 0 Å². The Morgan fingerprint density at radius 2 is 0.720 bits per heavy atom. The first-order valence-corrected chi connectivity index (χ1v) is 11.0. The fourth-order valence-electron chi connectivity index (χ4n) is 1.98. The maximum absolute atomic E-state index is 4.98. The Labute approximate surface area is 193 Å². The Balaban J connectivity index is -0.000000372. The van der Waals surface area contributed by atoms with Gasteiger partial charge in [0.05, 0.1) is 0 Å². The zero-order valence-electron chi connectivity index (χ0n) is 16.7. The molecule has 0 aliphatic carbocycles. The molecular formula is C18H36N2S4Zn-6. The van der Waals surface area contributed by atoms with Gasteiger partial charge in [0.1, 0.15) is 0 Å². The van der Waals surface area contributed by atoms with Crippen LogP contribution in [0.25, 0.3) is 0 Å². The van der Waals surface area contributed by atoms with Gasteiger partial charge in [0.15, 0.2) is 0 Å². The average molecular weight is 474 g/mol. The standard InChI is InChI=1S/2C9H18NS2.Zn/c2*1-3-5-7-10(9(11)12)8-6-4-2;/h2*3-8H2,1-2H3;/q2*-3;. The summed E-state index contributed by atoms with van der Waals surface area (Å²) in [7, 11) is 0. The molecule has 0 aromatic heterocycles. The Hall–Kier alpha value is 1.94. The molecule has 0 aliphatic heterocycles. The Bertz CT molecular complexity index is 207. The summed E-state index contributed by atoms with van der Waals surface area (Å²) in [4.78, 5) is 4.27. The molecule has 0 saturated carbocycles. The van der Waals surface area contributed by atoms with Gasteiger partial charge in [-0.15, -0.1) is 0 Å². The molecule has 0 rings (SSSR count). The van der Waals surface area contributed by atoms with E-state index < -0.39 is 0 Å². The third kappa shape index (κ3) is 22.1. The van der Waals surface area contributed by atoms with Crippen LogP contribution in [0, 0.1) is 9.41 Å². The van der Waals surface area contributed by atoms with Crippen molar-refractivity contribution in [2.45, 2.75) is 79.1 Å². The monoisotopic (exact) mass is 472 g/mol. The van der Waals surface area contributed by atoms with Gasteiger partial charge in [0.25, 0.3) is 0 Å². The zero-order chi connectivity index (χ0) is 18.8. The summed E-state index contributed by atoms with van der Waals surface area (Å²) in [6.07, 6.45) is 9.62. The van der Waals surface area contributed by atoms with E-state index in [0.717, 1.165) is 26.2 Å². The van der Waals surface area contributed by atoms with Crippen LogP contribution >= 0.6 is 0 Å². The van der Waals surface area contributed by atoms with E-state index in [0.29, 0.717) is 9.41 Å². The van der Waals surface area contributed by atoms with Crippen molar-refractivity contribution in [3.63, 3.8) is 0 Å². The van der Waals surface area contributed by atoms with Crippen LogP contribution in [0.1, 0.15) is 79.1 Å². The summed E-state index contributed by atoms with van der Waals surface area (Å²) in [5.74, 6) is 0. The molecule has 0 spiro atoms. The number of nitrogens with zero attached hydrogens (tertiary/aromatic N) is 2. The van der Waals surface area contributed by atoms with Gasteiger partial charge in [0, 0.05) is 19.5 Å². The van der Waals surface area contributed by atoms with Crippen LogP contribution in [0.5, 0.6) is 0 Å². The number of hydrogen-bond donors (Lipinski definition) is 0. The Morgan fingerprint density at radius 3 is 0.840 bits per heavy atom. The van der Waals surface area contributed by atoms with E-state index in [2.05, 4.69) is 37.5 Å². The van der Waals surface area contributed by atoms with E-state index in [9.17, 15) is 0 Å². The van der Waals surface area contributed by atoms with Crippen molar-refractivity contribution in [3.05, 3.63) is 9.41 Å². The SMILES string of the molecule is CCCCN(CCCC)[C-]([S-])[S-].CCCCN(CCCC)[C-]([S-])[S-].[Zn]. The summed E-state index contributed by atoms with van der Waals surface area (Å²) in [5, 5.41) is 0. The third-order valence-electron chi connectivity index (χ3n) is 3.64. The molecule has 0 saturated heterocycles. The molecule has 2 nitrogen and oxygen atoms in total. The Morgan fingerprint density at radius 1 is 0.520 bits per heavy atom. The summed E-state index contributed by atoms with van der Waals surface area (Å²) in [6, 6.07) is 0. The average Bonchev–Trinajstić information content (AvgIpc) is 2.55. The van der Waals surface area contributed by atoms with Gasteiger partial charge in [-0.3, -0.25) is 0 Å². The molecule has 0 amide bonds.